The second-order valence-corrected chi connectivity index (χ2v) is 5.67. The van der Waals surface area contributed by atoms with Crippen molar-refractivity contribution in [1.29, 1.82) is 0 Å². The normalized spacial score (nSPS) is 17.0. The molecule has 2 amide bonds. The van der Waals surface area contributed by atoms with Gasteiger partial charge in [-0.15, -0.1) is 0 Å². The van der Waals surface area contributed by atoms with Gasteiger partial charge in [0.2, 0.25) is 0 Å². The summed E-state index contributed by atoms with van der Waals surface area (Å²) in [5.74, 6) is 0. The van der Waals surface area contributed by atoms with E-state index in [4.69, 9.17) is 0 Å². The van der Waals surface area contributed by atoms with Crippen LogP contribution in [-0.4, -0.2) is 30.6 Å². The Bertz CT molecular complexity index is 509. The molecule has 21 heavy (non-hydrogen) atoms. The van der Waals surface area contributed by atoms with E-state index in [9.17, 15) is 14.9 Å². The van der Waals surface area contributed by atoms with Crippen LogP contribution in [0.2, 0.25) is 0 Å². The Morgan fingerprint density at radius 2 is 1.95 bits per heavy atom. The van der Waals surface area contributed by atoms with Crippen molar-refractivity contribution in [2.45, 2.75) is 19.8 Å². The zero-order valence-electron chi connectivity index (χ0n) is 12.0. The number of benzene rings is 1. The molecule has 0 unspecified atom stereocenters. The van der Waals surface area contributed by atoms with Gasteiger partial charge in [-0.25, -0.2) is 4.79 Å². The zero-order valence-corrected chi connectivity index (χ0v) is 12.0. The number of hydrogen-bond donors (Lipinski definition) is 3. The summed E-state index contributed by atoms with van der Waals surface area (Å²) in [4.78, 5) is 21.9. The number of nitrogens with one attached hydrogen (secondary N) is 3. The average Bonchev–Trinajstić information content (AvgIpc) is 2.47. The zero-order chi connectivity index (χ0) is 15.3. The number of amides is 2. The van der Waals surface area contributed by atoms with Gasteiger partial charge in [0, 0.05) is 24.4 Å². The fourth-order valence-corrected chi connectivity index (χ4v) is 2.34. The Labute approximate surface area is 123 Å². The number of anilines is 1. The van der Waals surface area contributed by atoms with Crippen molar-refractivity contribution in [3.8, 4) is 0 Å². The summed E-state index contributed by atoms with van der Waals surface area (Å²) in [6.07, 6.45) is 2.07. The van der Waals surface area contributed by atoms with Gasteiger partial charge in [-0.2, -0.15) is 0 Å². The summed E-state index contributed by atoms with van der Waals surface area (Å²) in [7, 11) is 0. The fourth-order valence-electron chi connectivity index (χ4n) is 2.34. The molecule has 0 spiro atoms. The minimum atomic E-state index is -0.470. The molecule has 2 rings (SSSR count). The van der Waals surface area contributed by atoms with Gasteiger partial charge in [0.1, 0.15) is 0 Å². The number of piperidine rings is 1. The van der Waals surface area contributed by atoms with Crippen LogP contribution in [0.1, 0.15) is 19.8 Å². The molecule has 1 saturated heterocycles. The quantitative estimate of drug-likeness (QED) is 0.585. The third-order valence-corrected chi connectivity index (χ3v) is 3.82. The standard InChI is InChI=1S/C14H20N4O3/c1-14(6-8-15-9-7-14)10-16-13(19)17-11-2-4-12(5-3-11)18(20)21/h2-5,15H,6-10H2,1H3,(H2,16,17,19). The number of hydrogen-bond acceptors (Lipinski definition) is 4. The molecule has 1 aliphatic heterocycles. The molecule has 7 nitrogen and oxygen atoms in total. The number of carbonyl (C=O) groups excluding carboxylic acids is 1. The van der Waals surface area contributed by atoms with Crippen molar-refractivity contribution in [2.24, 2.45) is 5.41 Å². The predicted octanol–water partition coefficient (Wildman–Crippen LogP) is 2.11. The molecule has 0 aliphatic carbocycles. The second-order valence-electron chi connectivity index (χ2n) is 5.67. The van der Waals surface area contributed by atoms with Gasteiger partial charge in [-0.3, -0.25) is 10.1 Å². The SMILES string of the molecule is CC1(CNC(=O)Nc2ccc([N+](=O)[O-])cc2)CCNCC1. The van der Waals surface area contributed by atoms with Gasteiger partial charge in [0.15, 0.2) is 0 Å². The van der Waals surface area contributed by atoms with Crippen LogP contribution >= 0.6 is 0 Å². The van der Waals surface area contributed by atoms with Gasteiger partial charge in [0.25, 0.3) is 5.69 Å². The molecular formula is C14H20N4O3. The summed E-state index contributed by atoms with van der Waals surface area (Å²) >= 11 is 0. The second kappa shape index (κ2) is 6.53. The monoisotopic (exact) mass is 292 g/mol. The van der Waals surface area contributed by atoms with E-state index in [2.05, 4.69) is 22.9 Å². The number of urea groups is 1. The van der Waals surface area contributed by atoms with Crippen LogP contribution in [0.4, 0.5) is 16.2 Å². The lowest BCUT2D eigenvalue weighted by molar-refractivity contribution is -0.384. The van der Waals surface area contributed by atoms with Gasteiger partial charge in [-0.05, 0) is 43.5 Å². The van der Waals surface area contributed by atoms with E-state index in [1.54, 1.807) is 0 Å². The number of nitrogens with zero attached hydrogens (tertiary/aromatic N) is 1. The van der Waals surface area contributed by atoms with Crippen molar-refractivity contribution in [3.05, 3.63) is 34.4 Å². The Hall–Kier alpha value is -2.15. The van der Waals surface area contributed by atoms with E-state index in [1.165, 1.54) is 24.3 Å². The van der Waals surface area contributed by atoms with Crippen molar-refractivity contribution >= 4 is 17.4 Å². The van der Waals surface area contributed by atoms with E-state index in [1.807, 2.05) is 0 Å². The lowest BCUT2D eigenvalue weighted by atomic mass is 9.81. The van der Waals surface area contributed by atoms with Gasteiger partial charge in [0.05, 0.1) is 4.92 Å². The van der Waals surface area contributed by atoms with E-state index in [-0.39, 0.29) is 17.1 Å². The number of non-ortho nitro benzene ring substituents is 1. The van der Waals surface area contributed by atoms with E-state index in [0.29, 0.717) is 12.2 Å². The van der Waals surface area contributed by atoms with Crippen molar-refractivity contribution < 1.29 is 9.72 Å². The lowest BCUT2D eigenvalue weighted by Crippen LogP contribution is -2.43. The van der Waals surface area contributed by atoms with E-state index >= 15 is 0 Å². The van der Waals surface area contributed by atoms with Crippen LogP contribution in [0, 0.1) is 15.5 Å². The van der Waals surface area contributed by atoms with Crippen LogP contribution in [0.3, 0.4) is 0 Å². The maximum Gasteiger partial charge on any atom is 0.319 e. The molecule has 1 heterocycles. The maximum atomic E-state index is 11.8. The first-order valence-electron chi connectivity index (χ1n) is 6.99. The highest BCUT2D eigenvalue weighted by Gasteiger charge is 2.26. The Morgan fingerprint density at radius 1 is 1.33 bits per heavy atom. The Kier molecular flexibility index (Phi) is 4.74. The summed E-state index contributed by atoms with van der Waals surface area (Å²) in [5.41, 5.74) is 0.662. The molecule has 0 saturated carbocycles. The minimum absolute atomic E-state index is 0.00294. The highest BCUT2D eigenvalue weighted by Crippen LogP contribution is 2.26. The van der Waals surface area contributed by atoms with Crippen LogP contribution in [0.5, 0.6) is 0 Å². The fraction of sp³-hybridized carbons (Fsp3) is 0.500. The molecular weight excluding hydrogens is 272 g/mol. The maximum absolute atomic E-state index is 11.8. The molecule has 1 aliphatic rings. The predicted molar refractivity (Wildman–Crippen MR) is 80.3 cm³/mol. The number of nitro groups is 1. The van der Waals surface area contributed by atoms with Gasteiger partial charge in [-0.1, -0.05) is 6.92 Å². The van der Waals surface area contributed by atoms with Crippen LogP contribution in [0.15, 0.2) is 24.3 Å². The average molecular weight is 292 g/mol. The first-order valence-corrected chi connectivity index (χ1v) is 6.99. The third-order valence-electron chi connectivity index (χ3n) is 3.82. The number of nitro benzene ring substituents is 1. The van der Waals surface area contributed by atoms with Crippen molar-refractivity contribution in [2.75, 3.05) is 25.0 Å². The molecule has 7 heteroatoms. The van der Waals surface area contributed by atoms with Crippen molar-refractivity contribution in [3.63, 3.8) is 0 Å². The number of carbonyl (C=O) groups is 1. The molecule has 3 N–H and O–H groups in total. The van der Waals surface area contributed by atoms with Crippen LogP contribution in [-0.2, 0) is 0 Å². The Morgan fingerprint density at radius 3 is 2.52 bits per heavy atom. The first-order chi connectivity index (χ1) is 9.98. The van der Waals surface area contributed by atoms with E-state index in [0.717, 1.165) is 25.9 Å². The highest BCUT2D eigenvalue weighted by molar-refractivity contribution is 5.89. The highest BCUT2D eigenvalue weighted by atomic mass is 16.6. The molecule has 1 aromatic carbocycles. The molecule has 1 fully saturated rings. The lowest BCUT2D eigenvalue weighted by Gasteiger charge is -2.34. The molecule has 0 aromatic heterocycles. The van der Waals surface area contributed by atoms with E-state index < -0.39 is 4.92 Å². The molecule has 114 valence electrons. The van der Waals surface area contributed by atoms with Gasteiger partial charge < -0.3 is 16.0 Å². The number of rotatable bonds is 4. The molecule has 0 radical (unpaired) electrons. The summed E-state index contributed by atoms with van der Waals surface area (Å²) in [5, 5.41) is 19.4. The van der Waals surface area contributed by atoms with Crippen LogP contribution in [0.25, 0.3) is 0 Å². The Balaban J connectivity index is 1.82. The van der Waals surface area contributed by atoms with Crippen LogP contribution < -0.4 is 16.0 Å². The topological polar surface area (TPSA) is 96.3 Å². The molecule has 1 aromatic rings. The minimum Gasteiger partial charge on any atom is -0.337 e. The summed E-state index contributed by atoms with van der Waals surface area (Å²) < 4.78 is 0. The molecule has 0 bridgehead atoms. The van der Waals surface area contributed by atoms with Crippen molar-refractivity contribution in [1.82, 2.24) is 10.6 Å². The summed E-state index contributed by atoms with van der Waals surface area (Å²) in [6.45, 7) is 4.73. The first kappa shape index (κ1) is 15.2. The molecule has 0 atom stereocenters. The largest absolute Gasteiger partial charge is 0.337 e. The third kappa shape index (κ3) is 4.42. The smallest absolute Gasteiger partial charge is 0.319 e. The summed E-state index contributed by atoms with van der Waals surface area (Å²) in [6, 6.07) is 5.48. The van der Waals surface area contributed by atoms with Gasteiger partial charge >= 0.3 is 6.03 Å².